The number of nitrogens with one attached hydrogen (secondary N) is 2. The highest BCUT2D eigenvalue weighted by molar-refractivity contribution is 6.30. The first-order valence-corrected chi connectivity index (χ1v) is 8.35. The molecule has 5 nitrogen and oxygen atoms in total. The monoisotopic (exact) mass is 358 g/mol. The van der Waals surface area contributed by atoms with Gasteiger partial charge in [0.1, 0.15) is 11.2 Å². The highest BCUT2D eigenvalue weighted by atomic mass is 35.5. The number of aryl methyl sites for hydroxylation is 1. The Bertz CT molecular complexity index is 814. The molecule has 0 unspecified atom stereocenters. The number of hydrogen-bond donors (Lipinski definition) is 2. The van der Waals surface area contributed by atoms with Crippen LogP contribution in [0.1, 0.15) is 18.4 Å². The van der Waals surface area contributed by atoms with Gasteiger partial charge in [0.05, 0.1) is 12.8 Å². The lowest BCUT2D eigenvalue weighted by atomic mass is 10.0. The molecule has 1 aliphatic carbocycles. The van der Waals surface area contributed by atoms with Crippen molar-refractivity contribution < 1.29 is 14.3 Å². The van der Waals surface area contributed by atoms with Gasteiger partial charge in [0.15, 0.2) is 0 Å². The molecule has 1 fully saturated rings. The molecule has 2 aromatic rings. The molecule has 0 aliphatic heterocycles. The molecule has 0 radical (unpaired) electrons. The fourth-order valence-corrected chi connectivity index (χ4v) is 2.75. The van der Waals surface area contributed by atoms with Gasteiger partial charge in [-0.2, -0.15) is 0 Å². The Balaban J connectivity index is 1.74. The predicted octanol–water partition coefficient (Wildman–Crippen LogP) is 4.01. The zero-order valence-electron chi connectivity index (χ0n) is 14.1. The van der Waals surface area contributed by atoms with Gasteiger partial charge >= 0.3 is 0 Å². The molecule has 25 heavy (non-hydrogen) atoms. The lowest BCUT2D eigenvalue weighted by molar-refractivity contribution is -0.131. The number of carbonyl (C=O) groups excluding carboxylic acids is 2. The average molecular weight is 359 g/mol. The van der Waals surface area contributed by atoms with Crippen molar-refractivity contribution in [1.82, 2.24) is 0 Å². The summed E-state index contributed by atoms with van der Waals surface area (Å²) in [7, 11) is 1.54. The highest BCUT2D eigenvalue weighted by Gasteiger charge is 2.56. The average Bonchev–Trinajstić information content (AvgIpc) is 3.39. The van der Waals surface area contributed by atoms with Crippen molar-refractivity contribution in [2.75, 3.05) is 17.7 Å². The summed E-state index contributed by atoms with van der Waals surface area (Å²) < 4.78 is 5.27. The van der Waals surface area contributed by atoms with Crippen LogP contribution in [0.5, 0.6) is 5.75 Å². The Labute approximate surface area is 151 Å². The zero-order valence-corrected chi connectivity index (χ0v) is 14.8. The number of benzene rings is 2. The molecule has 6 heteroatoms. The van der Waals surface area contributed by atoms with Gasteiger partial charge in [-0.05, 0) is 61.7 Å². The summed E-state index contributed by atoms with van der Waals surface area (Å²) in [4.78, 5) is 25.3. The molecule has 0 atom stereocenters. The van der Waals surface area contributed by atoms with Gasteiger partial charge in [-0.15, -0.1) is 0 Å². The molecule has 2 N–H and O–H groups in total. The fourth-order valence-electron chi connectivity index (χ4n) is 2.63. The summed E-state index contributed by atoms with van der Waals surface area (Å²) >= 11 is 5.84. The third kappa shape index (κ3) is 3.61. The Kier molecular flexibility index (Phi) is 4.68. The molecule has 1 aliphatic rings. The van der Waals surface area contributed by atoms with Gasteiger partial charge in [-0.1, -0.05) is 17.7 Å². The minimum absolute atomic E-state index is 0.307. The second-order valence-electron chi connectivity index (χ2n) is 6.20. The molecule has 0 bridgehead atoms. The standard InChI is InChI=1S/C19H19ClN2O3/c1-12-3-8-16(25-2)15(11-12)22-18(24)19(9-10-19)17(23)21-14-6-4-13(20)5-7-14/h3-8,11H,9-10H2,1-2H3,(H,21,23)(H,22,24). The lowest BCUT2D eigenvalue weighted by Gasteiger charge is -2.17. The first kappa shape index (κ1) is 17.3. The van der Waals surface area contributed by atoms with E-state index in [0.717, 1.165) is 5.56 Å². The van der Waals surface area contributed by atoms with Gasteiger partial charge in [0, 0.05) is 10.7 Å². The second kappa shape index (κ2) is 6.76. The van der Waals surface area contributed by atoms with Crippen LogP contribution in [0.3, 0.4) is 0 Å². The number of rotatable bonds is 5. The SMILES string of the molecule is COc1ccc(C)cc1NC(=O)C1(C(=O)Nc2ccc(Cl)cc2)CC1. The summed E-state index contributed by atoms with van der Waals surface area (Å²) in [5, 5.41) is 6.21. The molecule has 2 amide bonds. The fraction of sp³-hybridized carbons (Fsp3) is 0.263. The van der Waals surface area contributed by atoms with E-state index in [1.807, 2.05) is 19.1 Å². The van der Waals surface area contributed by atoms with Crippen LogP contribution in [-0.2, 0) is 9.59 Å². The summed E-state index contributed by atoms with van der Waals surface area (Å²) in [6.45, 7) is 1.93. The summed E-state index contributed by atoms with van der Waals surface area (Å²) in [5.41, 5.74) is 1.14. The van der Waals surface area contributed by atoms with Crippen LogP contribution >= 0.6 is 11.6 Å². The highest BCUT2D eigenvalue weighted by Crippen LogP contribution is 2.48. The van der Waals surface area contributed by atoms with Crippen LogP contribution in [-0.4, -0.2) is 18.9 Å². The predicted molar refractivity (Wildman–Crippen MR) is 98.1 cm³/mol. The third-order valence-corrected chi connectivity index (χ3v) is 4.58. The Morgan fingerprint density at radius 3 is 2.28 bits per heavy atom. The van der Waals surface area contributed by atoms with Crippen molar-refractivity contribution in [3.05, 3.63) is 53.1 Å². The van der Waals surface area contributed by atoms with Gasteiger partial charge in [0.25, 0.3) is 0 Å². The van der Waals surface area contributed by atoms with E-state index in [9.17, 15) is 9.59 Å². The van der Waals surface area contributed by atoms with E-state index in [1.54, 1.807) is 37.4 Å². The summed E-state index contributed by atoms with van der Waals surface area (Å²) in [5.74, 6) is -0.0605. The van der Waals surface area contributed by atoms with Crippen molar-refractivity contribution in [2.24, 2.45) is 5.41 Å². The molecule has 0 saturated heterocycles. The van der Waals surface area contributed by atoms with Gasteiger partial charge in [0.2, 0.25) is 11.8 Å². The maximum Gasteiger partial charge on any atom is 0.240 e. The smallest absolute Gasteiger partial charge is 0.240 e. The van der Waals surface area contributed by atoms with E-state index in [2.05, 4.69) is 10.6 Å². The number of carbonyl (C=O) groups is 2. The second-order valence-corrected chi connectivity index (χ2v) is 6.64. The Morgan fingerprint density at radius 2 is 1.68 bits per heavy atom. The van der Waals surface area contributed by atoms with Crippen molar-refractivity contribution >= 4 is 34.8 Å². The van der Waals surface area contributed by atoms with E-state index >= 15 is 0 Å². The van der Waals surface area contributed by atoms with Crippen LogP contribution in [0.2, 0.25) is 5.02 Å². The molecule has 2 aromatic carbocycles. The summed E-state index contributed by atoms with van der Waals surface area (Å²) in [6.07, 6.45) is 1.04. The number of ether oxygens (including phenoxy) is 1. The maximum absolute atomic E-state index is 12.7. The lowest BCUT2D eigenvalue weighted by Crippen LogP contribution is -2.35. The Hall–Kier alpha value is -2.53. The van der Waals surface area contributed by atoms with Crippen LogP contribution in [0.15, 0.2) is 42.5 Å². The molecule has 130 valence electrons. The first-order chi connectivity index (χ1) is 11.9. The first-order valence-electron chi connectivity index (χ1n) is 7.98. The minimum atomic E-state index is -1.03. The quantitative estimate of drug-likeness (QED) is 0.793. The van der Waals surface area contributed by atoms with Gasteiger partial charge in [-0.3, -0.25) is 9.59 Å². The van der Waals surface area contributed by atoms with E-state index in [-0.39, 0.29) is 11.8 Å². The molecule has 0 heterocycles. The van der Waals surface area contributed by atoms with Gasteiger partial charge < -0.3 is 15.4 Å². The minimum Gasteiger partial charge on any atom is -0.495 e. The van der Waals surface area contributed by atoms with E-state index < -0.39 is 5.41 Å². The van der Waals surface area contributed by atoms with E-state index in [4.69, 9.17) is 16.3 Å². The van der Waals surface area contributed by atoms with Crippen molar-refractivity contribution in [1.29, 1.82) is 0 Å². The number of amides is 2. The van der Waals surface area contributed by atoms with Crippen molar-refractivity contribution in [2.45, 2.75) is 19.8 Å². The largest absolute Gasteiger partial charge is 0.495 e. The van der Waals surface area contributed by atoms with Crippen molar-refractivity contribution in [3.8, 4) is 5.75 Å². The van der Waals surface area contributed by atoms with Crippen molar-refractivity contribution in [3.63, 3.8) is 0 Å². The number of methoxy groups -OCH3 is 1. The normalized spacial score (nSPS) is 14.5. The number of halogens is 1. The van der Waals surface area contributed by atoms with Crippen LogP contribution in [0, 0.1) is 12.3 Å². The molecular formula is C19H19ClN2O3. The third-order valence-electron chi connectivity index (χ3n) is 4.32. The van der Waals surface area contributed by atoms with Crippen LogP contribution < -0.4 is 15.4 Å². The number of hydrogen-bond acceptors (Lipinski definition) is 3. The van der Waals surface area contributed by atoms with E-state index in [1.165, 1.54) is 0 Å². The van der Waals surface area contributed by atoms with E-state index in [0.29, 0.717) is 35.0 Å². The maximum atomic E-state index is 12.7. The topological polar surface area (TPSA) is 67.4 Å². The van der Waals surface area contributed by atoms with Gasteiger partial charge in [-0.25, -0.2) is 0 Å². The molecule has 0 spiro atoms. The van der Waals surface area contributed by atoms with Crippen LogP contribution in [0.25, 0.3) is 0 Å². The van der Waals surface area contributed by atoms with Crippen LogP contribution in [0.4, 0.5) is 11.4 Å². The molecule has 1 saturated carbocycles. The summed E-state index contributed by atoms with van der Waals surface area (Å²) in [6, 6.07) is 12.3. The zero-order chi connectivity index (χ0) is 18.0. The molecule has 0 aromatic heterocycles. The number of anilines is 2. The molecule has 3 rings (SSSR count). The molecular weight excluding hydrogens is 340 g/mol. The Morgan fingerprint density at radius 1 is 1.04 bits per heavy atom.